The Bertz CT molecular complexity index is 1540. The highest BCUT2D eigenvalue weighted by molar-refractivity contribution is 6.00. The third kappa shape index (κ3) is 5.63. The molecule has 2 aromatic rings. The number of nitrogens with one attached hydrogen (secondary N) is 1. The van der Waals surface area contributed by atoms with Gasteiger partial charge in [0.05, 0.1) is 26.2 Å². The van der Waals surface area contributed by atoms with Crippen molar-refractivity contribution in [3.63, 3.8) is 0 Å². The van der Waals surface area contributed by atoms with Crippen molar-refractivity contribution in [2.75, 3.05) is 34.0 Å². The number of methoxy groups -OCH3 is 2. The van der Waals surface area contributed by atoms with Crippen LogP contribution in [0.4, 0.5) is 13.6 Å². The molecule has 3 aliphatic heterocycles. The average molecular weight is 605 g/mol. The van der Waals surface area contributed by atoms with E-state index in [0.29, 0.717) is 24.8 Å². The summed E-state index contributed by atoms with van der Waals surface area (Å²) in [5, 5.41) is 6.50. The van der Waals surface area contributed by atoms with E-state index in [0.717, 1.165) is 12.1 Å². The van der Waals surface area contributed by atoms with Crippen LogP contribution in [-0.2, 0) is 25.6 Å². The van der Waals surface area contributed by atoms with Crippen molar-refractivity contribution < 1.29 is 46.9 Å². The zero-order valence-corrected chi connectivity index (χ0v) is 23.7. The Morgan fingerprint density at radius 2 is 2.00 bits per heavy atom. The van der Waals surface area contributed by atoms with Gasteiger partial charge in [0, 0.05) is 44.1 Å². The maximum absolute atomic E-state index is 14.2. The van der Waals surface area contributed by atoms with Crippen molar-refractivity contribution in [2.24, 2.45) is 5.16 Å². The van der Waals surface area contributed by atoms with Gasteiger partial charge in [0.25, 0.3) is 11.8 Å². The lowest BCUT2D eigenvalue weighted by molar-refractivity contribution is -0.0655. The van der Waals surface area contributed by atoms with E-state index in [2.05, 4.69) is 10.5 Å². The molecule has 0 unspecified atom stereocenters. The molecule has 15 heteroatoms. The summed E-state index contributed by atoms with van der Waals surface area (Å²) in [7, 11) is 2.85. The van der Waals surface area contributed by atoms with Crippen molar-refractivity contribution in [3.8, 4) is 5.75 Å². The molecule has 5 rings (SSSR count). The van der Waals surface area contributed by atoms with Gasteiger partial charge in [-0.1, -0.05) is 11.2 Å². The van der Waals surface area contributed by atoms with Gasteiger partial charge < -0.3 is 38.6 Å². The zero-order chi connectivity index (χ0) is 30.9. The van der Waals surface area contributed by atoms with Crippen molar-refractivity contribution in [1.82, 2.24) is 14.8 Å². The molecule has 0 radical (unpaired) electrons. The zero-order valence-electron chi connectivity index (χ0n) is 23.7. The normalized spacial score (nSPS) is 22.3. The van der Waals surface area contributed by atoms with E-state index < -0.39 is 58.0 Å². The Morgan fingerprint density at radius 1 is 1.21 bits per heavy atom. The molecule has 0 saturated carbocycles. The lowest BCUT2D eigenvalue weighted by Gasteiger charge is -2.41. The number of pyridine rings is 1. The molecular weight excluding hydrogens is 574 g/mol. The van der Waals surface area contributed by atoms with Gasteiger partial charge in [0.1, 0.15) is 23.8 Å². The first-order valence-corrected chi connectivity index (χ1v) is 13.5. The standard InChI is InChI=1S/C28H30F2N4O9/c1-15-6-7-28(11-21(40-3)32-43-28)20-14-33(15)26(37)22-24(42-27(38)41-9-8-39-2)23(35)18(13-34(20)22)25(36)31-12-16-4-5-17(29)10-19(16)30/h4-5,10,13,15,20H,6-9,11-12,14H2,1-3H3,(H,31,36)/t15-,20+,28-/m0/s1. The molecule has 1 aromatic carbocycles. The second-order valence-electron chi connectivity index (χ2n) is 10.5. The minimum Gasteiger partial charge on any atom is -0.482 e. The van der Waals surface area contributed by atoms with E-state index in [9.17, 15) is 28.0 Å². The predicted octanol–water partition coefficient (Wildman–Crippen LogP) is 2.52. The van der Waals surface area contributed by atoms with Crippen molar-refractivity contribution in [2.45, 2.75) is 50.4 Å². The van der Waals surface area contributed by atoms with Gasteiger partial charge >= 0.3 is 6.16 Å². The molecule has 1 spiro atoms. The van der Waals surface area contributed by atoms with Gasteiger partial charge in [0.15, 0.2) is 11.3 Å². The minimum absolute atomic E-state index is 0.0304. The number of ether oxygens (including phenoxy) is 4. The molecule has 3 aliphatic rings. The first-order valence-electron chi connectivity index (χ1n) is 13.5. The molecule has 2 amide bonds. The highest BCUT2D eigenvalue weighted by Crippen LogP contribution is 2.46. The number of amides is 2. The van der Waals surface area contributed by atoms with Crippen LogP contribution in [0, 0.1) is 11.6 Å². The smallest absolute Gasteiger partial charge is 0.482 e. The highest BCUT2D eigenvalue weighted by atomic mass is 19.1. The number of oxime groups is 1. The van der Waals surface area contributed by atoms with E-state index >= 15 is 0 Å². The summed E-state index contributed by atoms with van der Waals surface area (Å²) in [6.07, 6.45) is 1.13. The number of carbonyl (C=O) groups excluding carboxylic acids is 3. The maximum atomic E-state index is 14.2. The van der Waals surface area contributed by atoms with Gasteiger partial charge in [-0.15, -0.1) is 0 Å². The fourth-order valence-corrected chi connectivity index (χ4v) is 5.53. The molecule has 43 heavy (non-hydrogen) atoms. The van der Waals surface area contributed by atoms with Gasteiger partial charge in [-0.2, -0.15) is 0 Å². The molecule has 1 N–H and O–H groups in total. The number of hydrogen-bond acceptors (Lipinski definition) is 10. The lowest BCUT2D eigenvalue weighted by atomic mass is 9.85. The first-order chi connectivity index (χ1) is 20.6. The van der Waals surface area contributed by atoms with Crippen molar-refractivity contribution >= 4 is 23.9 Å². The Labute approximate surface area is 244 Å². The summed E-state index contributed by atoms with van der Waals surface area (Å²) in [4.78, 5) is 61.0. The molecule has 13 nitrogen and oxygen atoms in total. The monoisotopic (exact) mass is 604 g/mol. The predicted molar refractivity (Wildman–Crippen MR) is 144 cm³/mol. The van der Waals surface area contributed by atoms with Crippen LogP contribution in [0.2, 0.25) is 0 Å². The Morgan fingerprint density at radius 3 is 2.70 bits per heavy atom. The number of hydrogen-bond donors (Lipinski definition) is 1. The average Bonchev–Trinajstić information content (AvgIpc) is 3.36. The van der Waals surface area contributed by atoms with Gasteiger partial charge in [-0.25, -0.2) is 13.6 Å². The SMILES string of the molecule is COCCOC(=O)Oc1c2n(cc(C(=O)NCc3ccc(F)cc3F)c1=O)[C@@H]1CN(C2=O)[C@@H](C)CC[C@]12CC(OC)=NO2. The van der Waals surface area contributed by atoms with E-state index in [-0.39, 0.29) is 50.0 Å². The summed E-state index contributed by atoms with van der Waals surface area (Å²) in [6, 6.07) is 1.89. The van der Waals surface area contributed by atoms with E-state index in [1.165, 1.54) is 25.0 Å². The number of benzene rings is 1. The topological polar surface area (TPSA) is 147 Å². The Hall–Kier alpha value is -4.53. The highest BCUT2D eigenvalue weighted by Gasteiger charge is 2.55. The number of carbonyl (C=O) groups is 3. The molecule has 230 valence electrons. The van der Waals surface area contributed by atoms with E-state index in [1.54, 1.807) is 4.90 Å². The molecule has 2 bridgehead atoms. The number of rotatable bonds is 7. The Kier molecular flexibility index (Phi) is 8.35. The van der Waals surface area contributed by atoms with Crippen molar-refractivity contribution in [1.29, 1.82) is 0 Å². The van der Waals surface area contributed by atoms with Crippen LogP contribution in [-0.4, -0.2) is 79.0 Å². The minimum atomic E-state index is -1.29. The summed E-state index contributed by atoms with van der Waals surface area (Å²) in [5.74, 6) is -3.61. The maximum Gasteiger partial charge on any atom is 0.514 e. The van der Waals surface area contributed by atoms with Gasteiger partial charge in [0.2, 0.25) is 17.1 Å². The summed E-state index contributed by atoms with van der Waals surface area (Å²) in [6.45, 7) is 1.46. The van der Waals surface area contributed by atoms with Crippen LogP contribution in [0.1, 0.15) is 58.6 Å². The summed E-state index contributed by atoms with van der Waals surface area (Å²) in [5.41, 5.74) is -2.88. The van der Waals surface area contributed by atoms with Gasteiger partial charge in [-0.3, -0.25) is 14.4 Å². The summed E-state index contributed by atoms with van der Waals surface area (Å²) < 4.78 is 49.4. The van der Waals surface area contributed by atoms with E-state index in [4.69, 9.17) is 23.8 Å². The second kappa shape index (κ2) is 12.0. The molecule has 1 fully saturated rings. The molecule has 4 heterocycles. The van der Waals surface area contributed by atoms with Crippen LogP contribution in [0.15, 0.2) is 34.3 Å². The van der Waals surface area contributed by atoms with Crippen LogP contribution in [0.25, 0.3) is 0 Å². The molecule has 3 atom stereocenters. The number of aromatic nitrogens is 1. The van der Waals surface area contributed by atoms with Crippen molar-refractivity contribution in [3.05, 3.63) is 63.1 Å². The van der Waals surface area contributed by atoms with Gasteiger partial charge in [-0.05, 0) is 25.8 Å². The summed E-state index contributed by atoms with van der Waals surface area (Å²) >= 11 is 0. The third-order valence-corrected chi connectivity index (χ3v) is 7.89. The quantitative estimate of drug-likeness (QED) is 0.372. The van der Waals surface area contributed by atoms with Crippen LogP contribution in [0.5, 0.6) is 5.75 Å². The first kappa shape index (κ1) is 29.9. The van der Waals surface area contributed by atoms with Crippen LogP contribution in [0.3, 0.4) is 0 Å². The number of halogens is 2. The molecule has 1 aromatic heterocycles. The largest absolute Gasteiger partial charge is 0.514 e. The number of fused-ring (bicyclic) bond motifs is 5. The van der Waals surface area contributed by atoms with Crippen LogP contribution < -0.4 is 15.5 Å². The fourth-order valence-electron chi connectivity index (χ4n) is 5.53. The second-order valence-corrected chi connectivity index (χ2v) is 10.5. The molecule has 0 aliphatic carbocycles. The lowest BCUT2D eigenvalue weighted by Crippen LogP contribution is -2.52. The Balaban J connectivity index is 1.60. The number of nitrogens with zero attached hydrogens (tertiary/aromatic N) is 3. The fraction of sp³-hybridized carbons (Fsp3) is 0.464. The third-order valence-electron chi connectivity index (χ3n) is 7.89. The molecule has 1 saturated heterocycles. The van der Waals surface area contributed by atoms with E-state index in [1.807, 2.05) is 6.92 Å². The van der Waals surface area contributed by atoms with Crippen LogP contribution >= 0.6 is 0 Å². The molecular formula is C28H30F2N4O9.